The number of hydrogen-bond acceptors (Lipinski definition) is 3. The molecule has 0 aliphatic carbocycles. The van der Waals surface area contributed by atoms with Gasteiger partial charge in [-0.2, -0.15) is 0 Å². The summed E-state index contributed by atoms with van der Waals surface area (Å²) in [4.78, 5) is 3.69. The van der Waals surface area contributed by atoms with Gasteiger partial charge in [0.15, 0.2) is 11.5 Å². The number of nitrogens with one attached hydrogen (secondary N) is 1. The predicted octanol–water partition coefficient (Wildman–Crippen LogP) is -1.94. The Kier molecular flexibility index (Phi) is 2.23. The number of nitrogens with zero attached hydrogens (tertiary/aromatic N) is 1. The van der Waals surface area contributed by atoms with Crippen LogP contribution in [0.3, 0.4) is 0 Å². The van der Waals surface area contributed by atoms with Crippen LogP contribution in [0.1, 0.15) is 0 Å². The van der Waals surface area contributed by atoms with Gasteiger partial charge in [-0.15, -0.1) is 0 Å². The Hall–Kier alpha value is -0.620. The Bertz CT molecular complexity index is 176. The number of rotatable bonds is 1. The van der Waals surface area contributed by atoms with E-state index in [1.165, 1.54) is 0 Å². The summed E-state index contributed by atoms with van der Waals surface area (Å²) in [6, 6.07) is 0. The lowest BCUT2D eigenvalue weighted by Gasteiger charge is -2.06. The van der Waals surface area contributed by atoms with Gasteiger partial charge in [0.2, 0.25) is 0 Å². The molecule has 2 atom stereocenters. The molecule has 0 aromatic heterocycles. The van der Waals surface area contributed by atoms with Crippen molar-refractivity contribution in [3.05, 3.63) is 6.54 Å². The van der Waals surface area contributed by atoms with E-state index in [-0.39, 0.29) is 5.96 Å². The van der Waals surface area contributed by atoms with E-state index in [0.717, 1.165) is 0 Å². The third-order valence-electron chi connectivity index (χ3n) is 1.02. The van der Waals surface area contributed by atoms with Crippen LogP contribution < -0.4 is 16.8 Å². The van der Waals surface area contributed by atoms with Gasteiger partial charge in [0.25, 0.3) is 0 Å². The first-order valence-corrected chi connectivity index (χ1v) is 4.12. The summed E-state index contributed by atoms with van der Waals surface area (Å²) in [7, 11) is -0.995. The van der Waals surface area contributed by atoms with Gasteiger partial charge < -0.3 is 16.8 Å². The molecule has 0 saturated carbocycles. The van der Waals surface area contributed by atoms with Gasteiger partial charge >= 0.3 is 0 Å². The lowest BCUT2D eigenvalue weighted by molar-refractivity contribution is 0.672. The molecule has 0 aromatic carbocycles. The largest absolute Gasteiger partial charge is 0.438 e. The normalized spacial score (nSPS) is 32.0. The standard InChI is InChI=1S/C4H9N4OS/c5-3(6)8-4-7-1-2-10(4)9/h1,4,7H,2H2,(H4,5,6,8)/q-1. The molecule has 0 amide bonds. The van der Waals surface area contributed by atoms with Crippen molar-refractivity contribution in [2.45, 2.75) is 5.50 Å². The molecule has 1 heterocycles. The molecule has 10 heavy (non-hydrogen) atoms. The van der Waals surface area contributed by atoms with Crippen LogP contribution in [-0.4, -0.2) is 21.4 Å². The molecule has 1 aliphatic rings. The molecule has 6 heteroatoms. The monoisotopic (exact) mass is 161 g/mol. The van der Waals surface area contributed by atoms with Gasteiger partial charge in [-0.1, -0.05) is 5.75 Å². The quantitative estimate of drug-likeness (QED) is 0.237. The zero-order chi connectivity index (χ0) is 7.56. The molecule has 1 aliphatic heterocycles. The molecule has 0 aromatic rings. The first-order valence-electron chi connectivity index (χ1n) is 2.74. The van der Waals surface area contributed by atoms with Gasteiger partial charge in [-0.25, -0.2) is 4.99 Å². The van der Waals surface area contributed by atoms with Crippen LogP contribution in [0.4, 0.5) is 0 Å². The molecule has 5 nitrogen and oxygen atoms in total. The smallest absolute Gasteiger partial charge is 0.188 e. The van der Waals surface area contributed by atoms with Crippen LogP contribution >= 0.6 is 0 Å². The number of nitrogens with two attached hydrogens (primary N) is 2. The summed E-state index contributed by atoms with van der Waals surface area (Å²) >= 11 is 0. The van der Waals surface area contributed by atoms with Crippen LogP contribution in [-0.2, 0) is 10.8 Å². The maximum Gasteiger partial charge on any atom is 0.188 e. The van der Waals surface area contributed by atoms with Crippen molar-refractivity contribution in [2.75, 3.05) is 5.75 Å². The third-order valence-corrected chi connectivity index (χ3v) is 2.26. The second-order valence-electron chi connectivity index (χ2n) is 1.82. The first kappa shape index (κ1) is 7.49. The van der Waals surface area contributed by atoms with Crippen LogP contribution in [0.25, 0.3) is 0 Å². The van der Waals surface area contributed by atoms with Crippen molar-refractivity contribution in [1.82, 2.24) is 5.32 Å². The second-order valence-corrected chi connectivity index (χ2v) is 3.37. The third kappa shape index (κ3) is 1.68. The lowest BCUT2D eigenvalue weighted by atomic mass is 10.7. The molecule has 0 bridgehead atoms. The molecule has 1 rings (SSSR count). The molecular formula is C4H9N4OS-. The Morgan fingerprint density at radius 2 is 2.50 bits per heavy atom. The maximum atomic E-state index is 10.9. The van der Waals surface area contributed by atoms with Crippen molar-refractivity contribution in [3.8, 4) is 0 Å². The van der Waals surface area contributed by atoms with Gasteiger partial charge in [-0.05, 0) is 0 Å². The van der Waals surface area contributed by atoms with Crippen molar-refractivity contribution < 1.29 is 4.21 Å². The Labute approximate surface area is 61.3 Å². The minimum atomic E-state index is -0.995. The van der Waals surface area contributed by atoms with Crippen LogP contribution in [0.15, 0.2) is 4.99 Å². The molecule has 1 saturated heterocycles. The maximum absolute atomic E-state index is 10.9. The fourth-order valence-corrected chi connectivity index (χ4v) is 1.56. The minimum Gasteiger partial charge on any atom is -0.438 e. The Balaban J connectivity index is 2.56. The van der Waals surface area contributed by atoms with Gasteiger partial charge in [-0.3, -0.25) is 10.8 Å². The van der Waals surface area contributed by atoms with Gasteiger partial charge in [0.05, 0.1) is 0 Å². The highest BCUT2D eigenvalue weighted by atomic mass is 32.2. The number of guanidine groups is 1. The van der Waals surface area contributed by atoms with Gasteiger partial charge in [0.1, 0.15) is 0 Å². The summed E-state index contributed by atoms with van der Waals surface area (Å²) in [5.74, 6) is 0.461. The van der Waals surface area contributed by atoms with E-state index in [4.69, 9.17) is 11.5 Å². The summed E-state index contributed by atoms with van der Waals surface area (Å²) in [5.41, 5.74) is 9.71. The van der Waals surface area contributed by atoms with Crippen LogP contribution in [0.5, 0.6) is 0 Å². The number of hydrogen-bond donors (Lipinski definition) is 3. The Morgan fingerprint density at radius 3 is 2.90 bits per heavy atom. The highest BCUT2D eigenvalue weighted by molar-refractivity contribution is 7.86. The average Bonchev–Trinajstić information content (AvgIpc) is 2.15. The van der Waals surface area contributed by atoms with E-state index in [1.807, 2.05) is 0 Å². The van der Waals surface area contributed by atoms with Crippen molar-refractivity contribution in [3.63, 3.8) is 0 Å². The molecule has 0 spiro atoms. The van der Waals surface area contributed by atoms with E-state index in [1.54, 1.807) is 6.54 Å². The molecule has 2 unspecified atom stereocenters. The molecule has 58 valence electrons. The van der Waals surface area contributed by atoms with Crippen molar-refractivity contribution in [2.24, 2.45) is 16.5 Å². The molecule has 1 fully saturated rings. The second kappa shape index (κ2) is 2.98. The lowest BCUT2D eigenvalue weighted by Crippen LogP contribution is -2.30. The fourth-order valence-electron chi connectivity index (χ4n) is 0.630. The fraction of sp³-hybridized carbons (Fsp3) is 0.500. The highest BCUT2D eigenvalue weighted by Crippen LogP contribution is 2.03. The predicted molar refractivity (Wildman–Crippen MR) is 40.0 cm³/mol. The van der Waals surface area contributed by atoms with Crippen LogP contribution in [0, 0.1) is 6.54 Å². The van der Waals surface area contributed by atoms with Crippen molar-refractivity contribution >= 4 is 16.8 Å². The zero-order valence-corrected chi connectivity index (χ0v) is 6.10. The SMILES string of the molecule is NC(N)=NC1N[CH-]CS1=O. The van der Waals surface area contributed by atoms with E-state index in [9.17, 15) is 4.21 Å². The molecule has 0 radical (unpaired) electrons. The van der Waals surface area contributed by atoms with E-state index >= 15 is 0 Å². The minimum absolute atomic E-state index is 0.0406. The van der Waals surface area contributed by atoms with E-state index in [2.05, 4.69) is 10.3 Å². The summed E-state index contributed by atoms with van der Waals surface area (Å²) in [6.45, 7) is 1.69. The zero-order valence-electron chi connectivity index (χ0n) is 5.28. The summed E-state index contributed by atoms with van der Waals surface area (Å²) < 4.78 is 10.9. The molecular weight excluding hydrogens is 152 g/mol. The van der Waals surface area contributed by atoms with E-state index in [0.29, 0.717) is 5.75 Å². The highest BCUT2D eigenvalue weighted by Gasteiger charge is 2.13. The number of aliphatic imine (C=N–C) groups is 1. The van der Waals surface area contributed by atoms with Crippen LogP contribution in [0.2, 0.25) is 0 Å². The topological polar surface area (TPSA) is 93.5 Å². The summed E-state index contributed by atoms with van der Waals surface area (Å²) in [6.07, 6.45) is 0. The first-order chi connectivity index (χ1) is 4.70. The average molecular weight is 161 g/mol. The summed E-state index contributed by atoms with van der Waals surface area (Å²) in [5, 5.41) is 2.77. The molecule has 5 N–H and O–H groups in total. The van der Waals surface area contributed by atoms with E-state index < -0.39 is 16.3 Å². The van der Waals surface area contributed by atoms with Gasteiger partial charge in [0, 0.05) is 10.8 Å². The Morgan fingerprint density at radius 1 is 1.80 bits per heavy atom. The van der Waals surface area contributed by atoms with Crippen molar-refractivity contribution in [1.29, 1.82) is 0 Å².